The predicted molar refractivity (Wildman–Crippen MR) is 115 cm³/mol. The molecule has 0 saturated heterocycles. The number of methoxy groups -OCH3 is 1. The number of thiophene rings is 2. The van der Waals surface area contributed by atoms with Crippen molar-refractivity contribution in [1.82, 2.24) is 15.1 Å². The lowest BCUT2D eigenvalue weighted by atomic mass is 10.1. The highest BCUT2D eigenvalue weighted by Crippen LogP contribution is 2.31. The van der Waals surface area contributed by atoms with Crippen molar-refractivity contribution in [2.75, 3.05) is 7.11 Å². The quantitative estimate of drug-likeness (QED) is 0.462. The zero-order valence-electron chi connectivity index (χ0n) is 15.9. The van der Waals surface area contributed by atoms with Gasteiger partial charge in [-0.25, -0.2) is 4.68 Å². The molecule has 29 heavy (non-hydrogen) atoms. The zero-order valence-corrected chi connectivity index (χ0v) is 17.5. The van der Waals surface area contributed by atoms with Crippen molar-refractivity contribution < 1.29 is 14.3 Å². The Morgan fingerprint density at radius 2 is 2.00 bits per heavy atom. The highest BCUT2D eigenvalue weighted by Gasteiger charge is 2.23. The van der Waals surface area contributed by atoms with Gasteiger partial charge in [-0.05, 0) is 36.6 Å². The number of hydrogen-bond donors (Lipinski definition) is 1. The van der Waals surface area contributed by atoms with E-state index in [2.05, 4.69) is 10.4 Å². The van der Waals surface area contributed by atoms with E-state index in [1.807, 2.05) is 65.5 Å². The van der Waals surface area contributed by atoms with Gasteiger partial charge in [0.25, 0.3) is 5.91 Å². The Hall–Kier alpha value is -2.97. The fraction of sp³-hybridized carbons (Fsp3) is 0.190. The number of carbonyl (C=O) groups is 2. The molecule has 3 heterocycles. The number of aryl methyl sites for hydroxylation is 1. The Kier molecular flexibility index (Phi) is 5.46. The first-order chi connectivity index (χ1) is 14.1. The number of amides is 1. The summed E-state index contributed by atoms with van der Waals surface area (Å²) < 4.78 is 6.65. The van der Waals surface area contributed by atoms with Crippen LogP contribution in [0, 0.1) is 6.92 Å². The standard InChI is InChI=1S/C21H19N3O3S2/c1-13-15-11-18(29-21(15)24(23-13)14-7-4-3-5-8-14)20(26)22-16(12-19(25)27-2)17-9-6-10-28-17/h3-11,16H,12H2,1-2H3,(H,22,26). The van der Waals surface area contributed by atoms with Crippen LogP contribution in [0.4, 0.5) is 0 Å². The van der Waals surface area contributed by atoms with E-state index in [-0.39, 0.29) is 18.3 Å². The van der Waals surface area contributed by atoms with Gasteiger partial charge in [-0.15, -0.1) is 22.7 Å². The Bertz CT molecular complexity index is 1150. The van der Waals surface area contributed by atoms with Crippen LogP contribution >= 0.6 is 22.7 Å². The summed E-state index contributed by atoms with van der Waals surface area (Å²) in [7, 11) is 1.35. The van der Waals surface area contributed by atoms with Crippen LogP contribution in [0.15, 0.2) is 53.9 Å². The molecule has 0 aliphatic carbocycles. The average Bonchev–Trinajstić information content (AvgIpc) is 3.46. The third-order valence-electron chi connectivity index (χ3n) is 4.56. The van der Waals surface area contributed by atoms with Gasteiger partial charge in [0.05, 0.1) is 35.8 Å². The smallest absolute Gasteiger partial charge is 0.307 e. The topological polar surface area (TPSA) is 73.2 Å². The van der Waals surface area contributed by atoms with Crippen molar-refractivity contribution in [3.63, 3.8) is 0 Å². The molecule has 1 N–H and O–H groups in total. The van der Waals surface area contributed by atoms with Gasteiger partial charge in [-0.2, -0.15) is 5.10 Å². The summed E-state index contributed by atoms with van der Waals surface area (Å²) >= 11 is 2.88. The molecule has 0 fully saturated rings. The molecule has 1 unspecified atom stereocenters. The maximum atomic E-state index is 13.0. The molecule has 0 radical (unpaired) electrons. The molecular weight excluding hydrogens is 406 g/mol. The molecule has 3 aromatic heterocycles. The van der Waals surface area contributed by atoms with E-state index in [0.29, 0.717) is 4.88 Å². The second-order valence-electron chi connectivity index (χ2n) is 6.48. The lowest BCUT2D eigenvalue weighted by Gasteiger charge is -2.15. The van der Waals surface area contributed by atoms with Crippen molar-refractivity contribution in [2.24, 2.45) is 0 Å². The Morgan fingerprint density at radius 1 is 1.21 bits per heavy atom. The molecule has 1 atom stereocenters. The minimum absolute atomic E-state index is 0.0878. The number of nitrogens with zero attached hydrogens (tertiary/aromatic N) is 2. The molecule has 1 aromatic carbocycles. The highest BCUT2D eigenvalue weighted by molar-refractivity contribution is 7.20. The van der Waals surface area contributed by atoms with Crippen LogP contribution < -0.4 is 5.32 Å². The van der Waals surface area contributed by atoms with E-state index in [0.717, 1.165) is 26.5 Å². The maximum Gasteiger partial charge on any atom is 0.307 e. The first kappa shape index (κ1) is 19.4. The molecule has 8 heteroatoms. The van der Waals surface area contributed by atoms with Crippen LogP contribution in [0.5, 0.6) is 0 Å². The second kappa shape index (κ2) is 8.18. The molecule has 1 amide bonds. The van der Waals surface area contributed by atoms with Gasteiger partial charge >= 0.3 is 5.97 Å². The predicted octanol–water partition coefficient (Wildman–Crippen LogP) is 4.49. The average molecular weight is 426 g/mol. The minimum Gasteiger partial charge on any atom is -0.469 e. The summed E-state index contributed by atoms with van der Waals surface area (Å²) in [6, 6.07) is 15.1. The van der Waals surface area contributed by atoms with E-state index < -0.39 is 6.04 Å². The molecule has 148 valence electrons. The number of nitrogens with one attached hydrogen (secondary N) is 1. The van der Waals surface area contributed by atoms with Crippen LogP contribution in [0.1, 0.15) is 32.7 Å². The van der Waals surface area contributed by atoms with Crippen molar-refractivity contribution >= 4 is 44.8 Å². The number of rotatable bonds is 6. The van der Waals surface area contributed by atoms with Crippen molar-refractivity contribution in [1.29, 1.82) is 0 Å². The fourth-order valence-corrected chi connectivity index (χ4v) is 4.96. The molecule has 0 bridgehead atoms. The normalized spacial score (nSPS) is 12.1. The van der Waals surface area contributed by atoms with Crippen LogP contribution in [0.2, 0.25) is 0 Å². The zero-order chi connectivity index (χ0) is 20.4. The first-order valence-corrected chi connectivity index (χ1v) is 10.7. The van der Waals surface area contributed by atoms with Gasteiger partial charge in [0, 0.05) is 10.3 Å². The fourth-order valence-electron chi connectivity index (χ4n) is 3.09. The second-order valence-corrected chi connectivity index (χ2v) is 8.49. The summed E-state index contributed by atoms with van der Waals surface area (Å²) in [6.07, 6.45) is 0.0878. The third-order valence-corrected chi connectivity index (χ3v) is 6.65. The number of para-hydroxylation sites is 1. The van der Waals surface area contributed by atoms with Gasteiger partial charge in [-0.3, -0.25) is 9.59 Å². The maximum absolute atomic E-state index is 13.0. The van der Waals surface area contributed by atoms with E-state index >= 15 is 0 Å². The van der Waals surface area contributed by atoms with Gasteiger partial charge in [0.15, 0.2) is 0 Å². The number of hydrogen-bond acceptors (Lipinski definition) is 6. The molecule has 0 saturated carbocycles. The van der Waals surface area contributed by atoms with Crippen LogP contribution in [-0.2, 0) is 9.53 Å². The van der Waals surface area contributed by atoms with E-state index in [9.17, 15) is 9.59 Å². The number of aromatic nitrogens is 2. The van der Waals surface area contributed by atoms with Crippen molar-refractivity contribution in [2.45, 2.75) is 19.4 Å². The largest absolute Gasteiger partial charge is 0.469 e. The molecule has 4 rings (SSSR count). The lowest BCUT2D eigenvalue weighted by molar-refractivity contribution is -0.141. The van der Waals surface area contributed by atoms with Crippen LogP contribution in [0.25, 0.3) is 15.9 Å². The summed E-state index contributed by atoms with van der Waals surface area (Å²) in [5.41, 5.74) is 1.81. The van der Waals surface area contributed by atoms with Crippen LogP contribution in [0.3, 0.4) is 0 Å². The molecular formula is C21H19N3O3S2. The first-order valence-electron chi connectivity index (χ1n) is 9.02. The van der Waals surface area contributed by atoms with Gasteiger partial charge in [-0.1, -0.05) is 24.3 Å². The third kappa shape index (κ3) is 3.94. The van der Waals surface area contributed by atoms with Crippen LogP contribution in [-0.4, -0.2) is 28.8 Å². The summed E-state index contributed by atoms with van der Waals surface area (Å²) in [5, 5.41) is 10.5. The minimum atomic E-state index is -0.424. The van der Waals surface area contributed by atoms with Crippen molar-refractivity contribution in [3.8, 4) is 5.69 Å². The SMILES string of the molecule is COC(=O)CC(NC(=O)c1cc2c(C)nn(-c3ccccc3)c2s1)c1cccs1. The monoisotopic (exact) mass is 425 g/mol. The lowest BCUT2D eigenvalue weighted by Crippen LogP contribution is -2.29. The molecule has 0 aliphatic heterocycles. The number of ether oxygens (including phenoxy) is 1. The number of benzene rings is 1. The van der Waals surface area contributed by atoms with Gasteiger partial charge in [0.1, 0.15) is 4.83 Å². The van der Waals surface area contributed by atoms with Gasteiger partial charge in [0.2, 0.25) is 0 Å². The van der Waals surface area contributed by atoms with E-state index in [1.165, 1.54) is 29.8 Å². The summed E-state index contributed by atoms with van der Waals surface area (Å²) in [6.45, 7) is 1.93. The molecule has 0 spiro atoms. The highest BCUT2D eigenvalue weighted by atomic mass is 32.1. The Morgan fingerprint density at radius 3 is 2.69 bits per heavy atom. The number of fused-ring (bicyclic) bond motifs is 1. The van der Waals surface area contributed by atoms with E-state index in [4.69, 9.17) is 4.74 Å². The number of carbonyl (C=O) groups excluding carboxylic acids is 2. The Labute approximate surface area is 175 Å². The molecule has 4 aromatic rings. The Balaban J connectivity index is 1.64. The number of esters is 1. The van der Waals surface area contributed by atoms with E-state index in [1.54, 1.807) is 0 Å². The van der Waals surface area contributed by atoms with Crippen molar-refractivity contribution in [3.05, 3.63) is 69.4 Å². The van der Waals surface area contributed by atoms with Gasteiger partial charge < -0.3 is 10.1 Å². The summed E-state index contributed by atoms with van der Waals surface area (Å²) in [4.78, 5) is 27.2. The molecule has 6 nitrogen and oxygen atoms in total. The molecule has 0 aliphatic rings. The summed E-state index contributed by atoms with van der Waals surface area (Å²) in [5.74, 6) is -0.580.